The average molecular weight is 343 g/mol. The number of nitrogens with one attached hydrogen (secondary N) is 2. The number of rotatable bonds is 4. The summed E-state index contributed by atoms with van der Waals surface area (Å²) in [6.45, 7) is 6.90. The Labute approximate surface area is 148 Å². The highest BCUT2D eigenvalue weighted by Crippen LogP contribution is 2.26. The number of carbonyl (C=O) groups excluding carboxylic acids is 1. The number of hydrogen-bond acceptors (Lipinski definition) is 1. The normalized spacial score (nSPS) is 11.9. The summed E-state index contributed by atoms with van der Waals surface area (Å²) >= 11 is 5.84. The lowest BCUT2D eigenvalue weighted by Gasteiger charge is -2.24. The summed E-state index contributed by atoms with van der Waals surface area (Å²) in [7, 11) is 0. The van der Waals surface area contributed by atoms with Crippen molar-refractivity contribution in [3.8, 4) is 0 Å². The molecule has 126 valence electrons. The summed E-state index contributed by atoms with van der Waals surface area (Å²) < 4.78 is 0. The topological polar surface area (TPSA) is 41.1 Å². The van der Waals surface area contributed by atoms with Gasteiger partial charge in [0.05, 0.1) is 0 Å². The molecule has 2 amide bonds. The summed E-state index contributed by atoms with van der Waals surface area (Å²) in [5.41, 5.74) is 2.95. The van der Waals surface area contributed by atoms with Crippen LogP contribution in [0.3, 0.4) is 0 Å². The second kappa shape index (κ2) is 8.02. The second-order valence-corrected chi connectivity index (χ2v) is 7.08. The summed E-state index contributed by atoms with van der Waals surface area (Å²) in [6, 6.07) is 16.9. The highest BCUT2D eigenvalue weighted by Gasteiger charge is 2.17. The summed E-state index contributed by atoms with van der Waals surface area (Å²) in [4.78, 5) is 12.1. The molecule has 2 aromatic rings. The van der Waals surface area contributed by atoms with Gasteiger partial charge in [-0.1, -0.05) is 68.8 Å². The monoisotopic (exact) mass is 342 g/mol. The Morgan fingerprint density at radius 2 is 1.67 bits per heavy atom. The fraction of sp³-hybridized carbons (Fsp3) is 0.250. The van der Waals surface area contributed by atoms with Crippen LogP contribution in [0.2, 0.25) is 5.02 Å². The van der Waals surface area contributed by atoms with E-state index in [2.05, 4.69) is 49.6 Å². The van der Waals surface area contributed by atoms with Gasteiger partial charge in [0.15, 0.2) is 0 Å². The third-order valence-corrected chi connectivity index (χ3v) is 3.90. The van der Waals surface area contributed by atoms with Crippen LogP contribution in [0.1, 0.15) is 26.3 Å². The molecule has 0 spiro atoms. The van der Waals surface area contributed by atoms with Crippen LogP contribution in [0, 0.1) is 5.41 Å². The van der Waals surface area contributed by atoms with Gasteiger partial charge < -0.3 is 10.6 Å². The van der Waals surface area contributed by atoms with E-state index in [4.69, 9.17) is 11.6 Å². The summed E-state index contributed by atoms with van der Waals surface area (Å²) in [5, 5.41) is 6.37. The highest BCUT2D eigenvalue weighted by atomic mass is 35.5. The predicted molar refractivity (Wildman–Crippen MR) is 102 cm³/mol. The van der Waals surface area contributed by atoms with Gasteiger partial charge in [0, 0.05) is 17.3 Å². The number of amides is 2. The molecular formula is C20H23ClN2O. The lowest BCUT2D eigenvalue weighted by molar-refractivity contribution is 0.252. The van der Waals surface area contributed by atoms with Crippen molar-refractivity contribution in [1.29, 1.82) is 0 Å². The molecule has 0 unspecified atom stereocenters. The van der Waals surface area contributed by atoms with Crippen LogP contribution in [0.15, 0.2) is 60.2 Å². The second-order valence-electron chi connectivity index (χ2n) is 6.64. The van der Waals surface area contributed by atoms with Gasteiger partial charge in [-0.25, -0.2) is 4.79 Å². The number of urea groups is 1. The van der Waals surface area contributed by atoms with E-state index in [9.17, 15) is 4.79 Å². The van der Waals surface area contributed by atoms with Gasteiger partial charge in [0.1, 0.15) is 0 Å². The number of carbonyl (C=O) groups is 1. The quantitative estimate of drug-likeness (QED) is 0.747. The molecule has 0 bridgehead atoms. The minimum atomic E-state index is -0.236. The predicted octanol–water partition coefficient (Wildman–Crippen LogP) is 5.59. The van der Waals surface area contributed by atoms with E-state index in [1.54, 1.807) is 24.3 Å². The number of hydrogen-bond donors (Lipinski definition) is 2. The Hall–Kier alpha value is -2.26. The van der Waals surface area contributed by atoms with E-state index in [-0.39, 0.29) is 11.4 Å². The first kappa shape index (κ1) is 18.1. The zero-order valence-electron chi connectivity index (χ0n) is 14.3. The van der Waals surface area contributed by atoms with Crippen molar-refractivity contribution in [2.24, 2.45) is 5.41 Å². The van der Waals surface area contributed by atoms with Crippen molar-refractivity contribution < 1.29 is 4.79 Å². The van der Waals surface area contributed by atoms with Crippen molar-refractivity contribution in [3.05, 3.63) is 70.8 Å². The number of benzene rings is 2. The Kier molecular flexibility index (Phi) is 6.04. The molecule has 0 aliphatic heterocycles. The van der Waals surface area contributed by atoms with Crippen molar-refractivity contribution in [2.75, 3.05) is 11.9 Å². The standard InChI is InChI=1S/C20H23ClN2O/c1-20(2,3)16(13-15-7-5-4-6-8-15)14-22-19(24)23-18-11-9-17(21)10-12-18/h4-13H,14H2,1-3H3,(H2,22,23,24)/b16-13+. The maximum atomic E-state index is 12.1. The Morgan fingerprint density at radius 1 is 1.04 bits per heavy atom. The van der Waals surface area contributed by atoms with Gasteiger partial charge in [-0.3, -0.25) is 0 Å². The van der Waals surface area contributed by atoms with Crippen molar-refractivity contribution >= 4 is 29.4 Å². The first-order chi connectivity index (χ1) is 11.3. The van der Waals surface area contributed by atoms with E-state index < -0.39 is 0 Å². The maximum Gasteiger partial charge on any atom is 0.319 e. The van der Waals surface area contributed by atoms with E-state index in [1.165, 1.54) is 0 Å². The lowest BCUT2D eigenvalue weighted by atomic mass is 9.85. The van der Waals surface area contributed by atoms with Crippen LogP contribution in [-0.2, 0) is 0 Å². The number of halogens is 1. The molecule has 0 heterocycles. The van der Waals surface area contributed by atoms with Crippen molar-refractivity contribution in [2.45, 2.75) is 20.8 Å². The largest absolute Gasteiger partial charge is 0.334 e. The Balaban J connectivity index is 2.01. The van der Waals surface area contributed by atoms with Crippen LogP contribution in [-0.4, -0.2) is 12.6 Å². The molecule has 0 saturated heterocycles. The minimum Gasteiger partial charge on any atom is -0.334 e. The number of anilines is 1. The fourth-order valence-corrected chi connectivity index (χ4v) is 2.29. The van der Waals surface area contributed by atoms with Gasteiger partial charge in [0.2, 0.25) is 0 Å². The summed E-state index contributed by atoms with van der Waals surface area (Å²) in [5.74, 6) is 0. The van der Waals surface area contributed by atoms with E-state index >= 15 is 0 Å². The molecule has 0 aliphatic rings. The first-order valence-corrected chi connectivity index (χ1v) is 8.29. The molecule has 0 saturated carbocycles. The molecule has 0 atom stereocenters. The molecule has 3 nitrogen and oxygen atoms in total. The molecule has 2 aromatic carbocycles. The van der Waals surface area contributed by atoms with Crippen LogP contribution >= 0.6 is 11.6 Å². The smallest absolute Gasteiger partial charge is 0.319 e. The average Bonchev–Trinajstić information content (AvgIpc) is 2.53. The van der Waals surface area contributed by atoms with Crippen molar-refractivity contribution in [3.63, 3.8) is 0 Å². The van der Waals surface area contributed by atoms with E-state index in [1.807, 2.05) is 18.2 Å². The Bertz CT molecular complexity index is 701. The third kappa shape index (κ3) is 5.74. The molecule has 4 heteroatoms. The van der Waals surface area contributed by atoms with Gasteiger partial charge in [-0.15, -0.1) is 0 Å². The summed E-state index contributed by atoms with van der Waals surface area (Å²) in [6.07, 6.45) is 2.13. The van der Waals surface area contributed by atoms with Crippen LogP contribution in [0.5, 0.6) is 0 Å². The maximum absolute atomic E-state index is 12.1. The van der Waals surface area contributed by atoms with Crippen LogP contribution in [0.4, 0.5) is 10.5 Å². The first-order valence-electron chi connectivity index (χ1n) is 7.91. The zero-order chi connectivity index (χ0) is 17.6. The van der Waals surface area contributed by atoms with Gasteiger partial charge >= 0.3 is 6.03 Å². The zero-order valence-corrected chi connectivity index (χ0v) is 15.0. The van der Waals surface area contributed by atoms with Crippen molar-refractivity contribution in [1.82, 2.24) is 5.32 Å². The molecule has 24 heavy (non-hydrogen) atoms. The molecule has 2 rings (SSSR count). The molecule has 0 aromatic heterocycles. The highest BCUT2D eigenvalue weighted by molar-refractivity contribution is 6.30. The van der Waals surface area contributed by atoms with Gasteiger partial charge in [-0.2, -0.15) is 0 Å². The van der Waals surface area contributed by atoms with Gasteiger partial charge in [-0.05, 0) is 40.8 Å². The molecular weight excluding hydrogens is 320 g/mol. The molecule has 0 fully saturated rings. The Morgan fingerprint density at radius 3 is 2.25 bits per heavy atom. The SMILES string of the molecule is CC(C)(C)/C(=C/c1ccccc1)CNC(=O)Nc1ccc(Cl)cc1. The fourth-order valence-electron chi connectivity index (χ4n) is 2.17. The van der Waals surface area contributed by atoms with Crippen LogP contribution < -0.4 is 10.6 Å². The van der Waals surface area contributed by atoms with E-state index in [0.717, 1.165) is 11.1 Å². The van der Waals surface area contributed by atoms with E-state index in [0.29, 0.717) is 17.3 Å². The molecule has 0 radical (unpaired) electrons. The minimum absolute atomic E-state index is 0.0383. The van der Waals surface area contributed by atoms with Crippen LogP contribution in [0.25, 0.3) is 6.08 Å². The van der Waals surface area contributed by atoms with Gasteiger partial charge in [0.25, 0.3) is 0 Å². The third-order valence-electron chi connectivity index (χ3n) is 3.65. The lowest BCUT2D eigenvalue weighted by Crippen LogP contribution is -2.32. The molecule has 0 aliphatic carbocycles. The molecule has 2 N–H and O–H groups in total.